The van der Waals surface area contributed by atoms with Gasteiger partial charge in [-0.2, -0.15) is 18.3 Å². The van der Waals surface area contributed by atoms with Crippen LogP contribution < -0.4 is 5.32 Å². The van der Waals surface area contributed by atoms with E-state index >= 15 is 0 Å². The Balaban J connectivity index is 0.00000155. The summed E-state index contributed by atoms with van der Waals surface area (Å²) in [5.41, 5.74) is -2.36. The lowest BCUT2D eigenvalue weighted by Gasteiger charge is -2.09. The molecule has 1 aromatic heterocycles. The Morgan fingerprint density at radius 2 is 1.57 bits per heavy atom. The Kier molecular flexibility index (Phi) is 6.91. The zero-order valence-corrected chi connectivity index (χ0v) is 16.1. The summed E-state index contributed by atoms with van der Waals surface area (Å²) in [7, 11) is 1.26. The van der Waals surface area contributed by atoms with Crippen molar-refractivity contribution in [3.8, 4) is 11.3 Å². The van der Waals surface area contributed by atoms with Gasteiger partial charge >= 0.3 is 6.18 Å². The largest absolute Gasteiger partial charge is 0.435 e. The Morgan fingerprint density at radius 1 is 0.967 bits per heavy atom. The van der Waals surface area contributed by atoms with E-state index < -0.39 is 46.5 Å². The lowest BCUT2D eigenvalue weighted by atomic mass is 10.1. The average Bonchev–Trinajstić information content (AvgIpc) is 3.07. The van der Waals surface area contributed by atoms with Crippen molar-refractivity contribution in [1.29, 1.82) is 0 Å². The molecule has 3 aromatic rings. The Hall–Kier alpha value is -3.30. The van der Waals surface area contributed by atoms with Gasteiger partial charge in [-0.05, 0) is 30.3 Å². The number of amides is 1. The van der Waals surface area contributed by atoms with Gasteiger partial charge in [0.05, 0.1) is 11.4 Å². The number of nitrogens with zero attached hydrogens (tertiary/aromatic N) is 2. The molecule has 160 valence electrons. The third-order valence-corrected chi connectivity index (χ3v) is 3.87. The first-order valence-electron chi connectivity index (χ1n) is 8.74. The van der Waals surface area contributed by atoms with Crippen LogP contribution in [0.15, 0.2) is 42.5 Å². The summed E-state index contributed by atoms with van der Waals surface area (Å²) >= 11 is 0. The minimum Gasteiger partial charge on any atom is -0.319 e. The van der Waals surface area contributed by atoms with Crippen LogP contribution in [0.25, 0.3) is 11.3 Å². The summed E-state index contributed by atoms with van der Waals surface area (Å²) < 4.78 is 80.8. The molecule has 1 amide bonds. The van der Waals surface area contributed by atoms with E-state index in [-0.39, 0.29) is 11.3 Å². The average molecular weight is 429 g/mol. The molecule has 0 aliphatic carbocycles. The van der Waals surface area contributed by atoms with Crippen molar-refractivity contribution in [3.63, 3.8) is 0 Å². The summed E-state index contributed by atoms with van der Waals surface area (Å²) in [4.78, 5) is 12.0. The topological polar surface area (TPSA) is 46.9 Å². The number of hydrogen-bond donors (Lipinski definition) is 1. The molecule has 30 heavy (non-hydrogen) atoms. The number of alkyl halides is 3. The molecule has 10 heteroatoms. The number of halogens is 6. The predicted octanol–water partition coefficient (Wildman–Crippen LogP) is 5.80. The second-order valence-corrected chi connectivity index (χ2v) is 5.78. The van der Waals surface area contributed by atoms with Crippen LogP contribution in [0.4, 0.5) is 32.0 Å². The predicted molar refractivity (Wildman–Crippen MR) is 99.3 cm³/mol. The highest BCUT2D eigenvalue weighted by atomic mass is 19.4. The van der Waals surface area contributed by atoms with Crippen LogP contribution in [0.1, 0.15) is 29.9 Å². The first kappa shape index (κ1) is 23.0. The number of carbonyl (C=O) groups excluding carboxylic acids is 1. The van der Waals surface area contributed by atoms with E-state index in [0.29, 0.717) is 0 Å². The normalized spacial score (nSPS) is 11.0. The minimum absolute atomic E-state index is 0.00995. The molecule has 0 unspecified atom stereocenters. The molecule has 3 rings (SSSR count). The number of nitrogens with one attached hydrogen (secondary N) is 1. The quantitative estimate of drug-likeness (QED) is 0.535. The van der Waals surface area contributed by atoms with Crippen LogP contribution in [0.3, 0.4) is 0 Å². The van der Waals surface area contributed by atoms with Crippen molar-refractivity contribution < 1.29 is 31.1 Å². The molecule has 0 saturated heterocycles. The molecule has 1 heterocycles. The SMILES string of the molecule is CC.Cn1nc(C(F)(F)F)cc1-c1ccc(NC(=O)c2c(F)cccc2F)c(F)c1. The number of carbonyl (C=O) groups is 1. The van der Waals surface area contributed by atoms with Crippen molar-refractivity contribution >= 4 is 11.6 Å². The van der Waals surface area contributed by atoms with E-state index in [2.05, 4.69) is 5.10 Å². The van der Waals surface area contributed by atoms with E-state index in [0.717, 1.165) is 41.1 Å². The summed E-state index contributed by atoms with van der Waals surface area (Å²) in [5, 5.41) is 5.37. The molecule has 4 nitrogen and oxygen atoms in total. The monoisotopic (exact) mass is 429 g/mol. The maximum Gasteiger partial charge on any atom is 0.435 e. The highest BCUT2D eigenvalue weighted by molar-refractivity contribution is 6.04. The third-order valence-electron chi connectivity index (χ3n) is 3.87. The lowest BCUT2D eigenvalue weighted by molar-refractivity contribution is -0.141. The van der Waals surface area contributed by atoms with Crippen molar-refractivity contribution in [2.45, 2.75) is 20.0 Å². The van der Waals surface area contributed by atoms with Gasteiger partial charge < -0.3 is 5.32 Å². The first-order chi connectivity index (χ1) is 14.1. The Bertz CT molecular complexity index is 1040. The standard InChI is InChI=1S/C18H11F6N3O.C2H6/c1-27-14(8-15(26-27)18(22,23)24)9-5-6-13(12(21)7-9)25-17(28)16-10(19)3-2-4-11(16)20;1-2/h2-8H,1H3,(H,25,28);1-2H3. The summed E-state index contributed by atoms with van der Waals surface area (Å²) in [6.45, 7) is 4.00. The van der Waals surface area contributed by atoms with E-state index in [4.69, 9.17) is 0 Å². The Labute approximate surface area is 168 Å². The number of benzene rings is 2. The first-order valence-corrected chi connectivity index (χ1v) is 8.74. The van der Waals surface area contributed by atoms with Crippen molar-refractivity contribution in [3.05, 3.63) is 71.2 Å². The van der Waals surface area contributed by atoms with Gasteiger partial charge in [0.2, 0.25) is 0 Å². The molecule has 2 aromatic carbocycles. The lowest BCUT2D eigenvalue weighted by Crippen LogP contribution is -2.16. The second kappa shape index (κ2) is 9.02. The fourth-order valence-electron chi connectivity index (χ4n) is 2.55. The molecule has 0 spiro atoms. The maximum absolute atomic E-state index is 14.3. The smallest absolute Gasteiger partial charge is 0.319 e. The van der Waals surface area contributed by atoms with E-state index in [1.54, 1.807) is 0 Å². The summed E-state index contributed by atoms with van der Waals surface area (Å²) in [6, 6.07) is 6.76. The van der Waals surface area contributed by atoms with Crippen LogP contribution in [0.2, 0.25) is 0 Å². The number of anilines is 1. The van der Waals surface area contributed by atoms with Crippen LogP contribution >= 0.6 is 0 Å². The van der Waals surface area contributed by atoms with Crippen molar-refractivity contribution in [1.82, 2.24) is 9.78 Å². The number of aryl methyl sites for hydroxylation is 1. The zero-order valence-electron chi connectivity index (χ0n) is 16.1. The molecular weight excluding hydrogens is 412 g/mol. The Morgan fingerprint density at radius 3 is 2.07 bits per heavy atom. The summed E-state index contributed by atoms with van der Waals surface area (Å²) in [5.74, 6) is -4.45. The van der Waals surface area contributed by atoms with Gasteiger partial charge in [-0.15, -0.1) is 0 Å². The van der Waals surface area contributed by atoms with Gasteiger partial charge in [-0.1, -0.05) is 26.0 Å². The highest BCUT2D eigenvalue weighted by Crippen LogP contribution is 2.32. The van der Waals surface area contributed by atoms with E-state index in [1.165, 1.54) is 13.1 Å². The molecule has 1 N–H and O–H groups in total. The molecular formula is C20H17F6N3O. The number of hydrogen-bond acceptors (Lipinski definition) is 2. The molecule has 0 aliphatic heterocycles. The van der Waals surface area contributed by atoms with Gasteiger partial charge in [0, 0.05) is 12.6 Å². The minimum atomic E-state index is -4.66. The van der Waals surface area contributed by atoms with Gasteiger partial charge in [-0.25, -0.2) is 13.2 Å². The van der Waals surface area contributed by atoms with Gasteiger partial charge in [0.25, 0.3) is 5.91 Å². The van der Waals surface area contributed by atoms with Gasteiger partial charge in [0.1, 0.15) is 23.0 Å². The molecule has 0 radical (unpaired) electrons. The molecule has 0 saturated carbocycles. The number of aromatic nitrogens is 2. The summed E-state index contributed by atoms with van der Waals surface area (Å²) in [6.07, 6.45) is -4.66. The third kappa shape index (κ3) is 4.81. The highest BCUT2D eigenvalue weighted by Gasteiger charge is 2.34. The maximum atomic E-state index is 14.3. The molecule has 0 fully saturated rings. The fraction of sp³-hybridized carbons (Fsp3) is 0.200. The van der Waals surface area contributed by atoms with Crippen molar-refractivity contribution in [2.24, 2.45) is 7.05 Å². The molecule has 0 bridgehead atoms. The van der Waals surface area contributed by atoms with Crippen LogP contribution in [0.5, 0.6) is 0 Å². The zero-order chi connectivity index (χ0) is 22.6. The van der Waals surface area contributed by atoms with Gasteiger partial charge in [-0.3, -0.25) is 9.48 Å². The van der Waals surface area contributed by atoms with E-state index in [1.807, 2.05) is 19.2 Å². The van der Waals surface area contributed by atoms with Gasteiger partial charge in [0.15, 0.2) is 5.69 Å². The van der Waals surface area contributed by atoms with Crippen LogP contribution in [0, 0.1) is 17.5 Å². The second-order valence-electron chi connectivity index (χ2n) is 5.78. The van der Waals surface area contributed by atoms with Crippen LogP contribution in [-0.4, -0.2) is 15.7 Å². The number of rotatable bonds is 3. The molecule has 0 atom stereocenters. The van der Waals surface area contributed by atoms with Crippen LogP contribution in [-0.2, 0) is 13.2 Å². The molecule has 0 aliphatic rings. The van der Waals surface area contributed by atoms with E-state index in [9.17, 15) is 31.1 Å². The van der Waals surface area contributed by atoms with Crippen molar-refractivity contribution in [2.75, 3.05) is 5.32 Å². The fourth-order valence-corrected chi connectivity index (χ4v) is 2.55.